The second-order valence-electron chi connectivity index (χ2n) is 11.0. The number of hydrogen-bond acceptors (Lipinski definition) is 6. The molecule has 4 rings (SSSR count). The van der Waals surface area contributed by atoms with E-state index in [0.29, 0.717) is 29.8 Å². The first kappa shape index (κ1) is 36.8. The van der Waals surface area contributed by atoms with Gasteiger partial charge in [-0.2, -0.15) is 13.2 Å². The summed E-state index contributed by atoms with van der Waals surface area (Å²) in [6, 6.07) is 17.5. The fourth-order valence-corrected chi connectivity index (χ4v) is 5.64. The molecule has 6 N–H and O–H groups in total. The van der Waals surface area contributed by atoms with Crippen molar-refractivity contribution >= 4 is 23.5 Å². The molecule has 1 fully saturated rings. The highest BCUT2D eigenvalue weighted by molar-refractivity contribution is 6.33. The van der Waals surface area contributed by atoms with Gasteiger partial charge in [-0.05, 0) is 73.6 Å². The zero-order chi connectivity index (χ0) is 34.0. The highest BCUT2D eigenvalue weighted by Crippen LogP contribution is 2.40. The lowest BCUT2D eigenvalue weighted by atomic mass is 9.84. The highest BCUT2D eigenvalue weighted by Gasteiger charge is 2.38. The Morgan fingerprint density at radius 3 is 2.26 bits per heavy atom. The van der Waals surface area contributed by atoms with Crippen LogP contribution in [-0.4, -0.2) is 62.1 Å². The van der Waals surface area contributed by atoms with E-state index in [1.807, 2.05) is 37.3 Å². The number of aliphatic carboxylic acids is 1. The molecule has 0 heterocycles. The molecule has 3 aromatic rings. The Morgan fingerprint density at radius 2 is 1.70 bits per heavy atom. The quantitative estimate of drug-likeness (QED) is 0.141. The number of methoxy groups -OCH3 is 1. The molecule has 46 heavy (non-hydrogen) atoms. The zero-order valence-corrected chi connectivity index (χ0v) is 26.3. The Bertz CT molecular complexity index is 1480. The maximum absolute atomic E-state index is 15.9. The number of carboxylic acids is 1. The monoisotopic (exact) mass is 667 g/mol. The van der Waals surface area contributed by atoms with Gasteiger partial charge in [-0.15, -0.1) is 0 Å². The van der Waals surface area contributed by atoms with E-state index >= 15 is 4.39 Å². The van der Waals surface area contributed by atoms with Crippen LogP contribution in [0.3, 0.4) is 0 Å². The smallest absolute Gasteiger partial charge is 0.488 e. The summed E-state index contributed by atoms with van der Waals surface area (Å²) >= 11 is 6.72. The van der Waals surface area contributed by atoms with Gasteiger partial charge in [-0.1, -0.05) is 41.9 Å². The molecule has 0 aliphatic heterocycles. The van der Waals surface area contributed by atoms with Gasteiger partial charge in [0.05, 0.1) is 12.2 Å². The van der Waals surface area contributed by atoms with Gasteiger partial charge in [-0.25, -0.2) is 9.18 Å². The van der Waals surface area contributed by atoms with E-state index < -0.39 is 23.9 Å². The molecular weight excluding hydrogens is 630 g/mol. The predicted octanol–water partition coefficient (Wildman–Crippen LogP) is 6.20. The molecule has 0 saturated heterocycles. The Hall–Kier alpha value is -3.71. The molecule has 1 aliphatic rings. The number of nitrogens with one attached hydrogen (secondary N) is 1. The first-order valence-electron chi connectivity index (χ1n) is 14.6. The van der Waals surface area contributed by atoms with Gasteiger partial charge in [0.25, 0.3) is 0 Å². The summed E-state index contributed by atoms with van der Waals surface area (Å²) in [4.78, 5) is 21.3. The first-order valence-corrected chi connectivity index (χ1v) is 15.0. The van der Waals surface area contributed by atoms with Crippen molar-refractivity contribution in [3.8, 4) is 16.9 Å². The number of carbonyl (C=O) groups is 2. The molecule has 0 radical (unpaired) electrons. The minimum Gasteiger partial charge on any atom is -0.488 e. The second-order valence-corrected chi connectivity index (χ2v) is 11.4. The summed E-state index contributed by atoms with van der Waals surface area (Å²) in [5.74, 6) is -4.22. The van der Waals surface area contributed by atoms with E-state index in [9.17, 15) is 18.0 Å². The van der Waals surface area contributed by atoms with Crippen LogP contribution in [0.1, 0.15) is 58.6 Å². The molecule has 3 aromatic carbocycles. The van der Waals surface area contributed by atoms with E-state index in [1.165, 1.54) is 19.2 Å². The SMILES string of the molecule is COCCOc1ccc(C(N)=O)c(-c2cc(C(CNC3CCC(N)CC3)c3ccccc3)c(C)cc2Cl)c1F.O=C(O)C(F)(F)F. The van der Waals surface area contributed by atoms with E-state index in [-0.39, 0.29) is 35.4 Å². The van der Waals surface area contributed by atoms with Crippen LogP contribution in [-0.2, 0) is 9.53 Å². The van der Waals surface area contributed by atoms with Crippen molar-refractivity contribution in [3.05, 3.63) is 87.7 Å². The van der Waals surface area contributed by atoms with E-state index in [0.717, 1.165) is 42.4 Å². The molecule has 0 aromatic heterocycles. The molecule has 13 heteroatoms. The fraction of sp³-hybridized carbons (Fsp3) is 0.394. The van der Waals surface area contributed by atoms with Gasteiger partial charge in [-0.3, -0.25) is 4.79 Å². The Kier molecular flexibility index (Phi) is 13.4. The number of halogens is 5. The Balaban J connectivity index is 0.000000738. The van der Waals surface area contributed by atoms with E-state index in [4.69, 9.17) is 42.4 Å². The van der Waals surface area contributed by atoms with Crippen molar-refractivity contribution in [1.29, 1.82) is 0 Å². The molecule has 8 nitrogen and oxygen atoms in total. The lowest BCUT2D eigenvalue weighted by Crippen LogP contribution is -2.39. The number of nitrogens with two attached hydrogens (primary N) is 2. The standard InChI is InChI=1S/C31H37ClFN3O3.C2HF3O2/c1-19-16-27(32)25(29-23(31(35)37)12-13-28(30(29)33)39-15-14-38-2)17-24(19)26(20-6-4-3-5-7-20)18-36-22-10-8-21(34)9-11-22;3-2(4,5)1(6)7/h3-7,12-13,16-17,21-22,26,36H,8-11,14-15,18,34H2,1-2H3,(H2,35,37);(H,6,7). The normalized spacial score (nSPS) is 17.0. The summed E-state index contributed by atoms with van der Waals surface area (Å²) in [7, 11) is 1.54. The number of primary amides is 1. The fourth-order valence-electron chi connectivity index (χ4n) is 5.33. The number of amides is 1. The van der Waals surface area contributed by atoms with Crippen LogP contribution in [0.4, 0.5) is 17.6 Å². The summed E-state index contributed by atoms with van der Waals surface area (Å²) in [6.07, 6.45) is -0.987. The predicted molar refractivity (Wildman–Crippen MR) is 168 cm³/mol. The topological polar surface area (TPSA) is 137 Å². The average molecular weight is 668 g/mol. The molecule has 1 atom stereocenters. The van der Waals surface area contributed by atoms with Crippen LogP contribution in [0.5, 0.6) is 5.75 Å². The van der Waals surface area contributed by atoms with Gasteiger partial charge in [0.2, 0.25) is 5.91 Å². The molecule has 0 bridgehead atoms. The number of hydrogen-bond donors (Lipinski definition) is 4. The van der Waals surface area contributed by atoms with Gasteiger partial charge in [0.1, 0.15) is 6.61 Å². The third-order valence-electron chi connectivity index (χ3n) is 7.74. The van der Waals surface area contributed by atoms with Crippen molar-refractivity contribution in [2.75, 3.05) is 26.9 Å². The maximum atomic E-state index is 15.9. The van der Waals surface area contributed by atoms with Crippen LogP contribution in [0.15, 0.2) is 54.6 Å². The lowest BCUT2D eigenvalue weighted by molar-refractivity contribution is -0.192. The van der Waals surface area contributed by atoms with Gasteiger partial charge in [0.15, 0.2) is 11.6 Å². The van der Waals surface area contributed by atoms with Crippen molar-refractivity contribution < 1.29 is 41.7 Å². The molecule has 1 saturated carbocycles. The number of alkyl halides is 3. The number of carbonyl (C=O) groups excluding carboxylic acids is 1. The highest BCUT2D eigenvalue weighted by atomic mass is 35.5. The number of carboxylic acid groups (broad SMARTS) is 1. The van der Waals surface area contributed by atoms with Crippen molar-refractivity contribution in [2.24, 2.45) is 11.5 Å². The molecule has 250 valence electrons. The minimum absolute atomic E-state index is 0.00187. The largest absolute Gasteiger partial charge is 0.490 e. The third kappa shape index (κ3) is 9.89. The summed E-state index contributed by atoms with van der Waals surface area (Å²) in [5.41, 5.74) is 15.3. The molecule has 1 amide bonds. The Morgan fingerprint density at radius 1 is 1.07 bits per heavy atom. The van der Waals surface area contributed by atoms with E-state index in [1.54, 1.807) is 0 Å². The first-order chi connectivity index (χ1) is 21.7. The summed E-state index contributed by atoms with van der Waals surface area (Å²) in [5, 5.41) is 11.2. The zero-order valence-electron chi connectivity index (χ0n) is 25.5. The minimum atomic E-state index is -5.08. The lowest BCUT2D eigenvalue weighted by Gasteiger charge is -2.30. The van der Waals surface area contributed by atoms with Crippen molar-refractivity contribution in [1.82, 2.24) is 5.32 Å². The number of rotatable bonds is 11. The van der Waals surface area contributed by atoms with Crippen LogP contribution in [0, 0.1) is 12.7 Å². The van der Waals surface area contributed by atoms with Crippen LogP contribution >= 0.6 is 11.6 Å². The van der Waals surface area contributed by atoms with E-state index in [2.05, 4.69) is 17.4 Å². The van der Waals surface area contributed by atoms with Crippen molar-refractivity contribution in [2.45, 2.75) is 56.8 Å². The molecule has 1 unspecified atom stereocenters. The number of aryl methyl sites for hydroxylation is 1. The molecule has 1 aliphatic carbocycles. The van der Waals surface area contributed by atoms with Crippen LogP contribution in [0.2, 0.25) is 5.02 Å². The van der Waals surface area contributed by atoms with Gasteiger partial charge < -0.3 is 31.4 Å². The average Bonchev–Trinajstić information content (AvgIpc) is 3.00. The second kappa shape index (κ2) is 16.7. The summed E-state index contributed by atoms with van der Waals surface area (Å²) in [6.45, 7) is 3.14. The number of ether oxygens (including phenoxy) is 2. The van der Waals surface area contributed by atoms with Crippen LogP contribution in [0.25, 0.3) is 11.1 Å². The van der Waals surface area contributed by atoms with Crippen molar-refractivity contribution in [3.63, 3.8) is 0 Å². The Labute approximate surface area is 270 Å². The summed E-state index contributed by atoms with van der Waals surface area (Å²) < 4.78 is 58.2. The number of benzene rings is 3. The third-order valence-corrected chi connectivity index (χ3v) is 8.06. The molecule has 0 spiro atoms. The van der Waals surface area contributed by atoms with Gasteiger partial charge >= 0.3 is 12.1 Å². The van der Waals surface area contributed by atoms with Gasteiger partial charge in [0, 0.05) is 47.8 Å². The van der Waals surface area contributed by atoms with Crippen LogP contribution < -0.4 is 21.5 Å². The maximum Gasteiger partial charge on any atom is 0.490 e. The molecular formula is C33H38ClF4N3O5.